The topological polar surface area (TPSA) is 60.2 Å². The Kier molecular flexibility index (Phi) is 4.02. The van der Waals surface area contributed by atoms with Gasteiger partial charge in [-0.25, -0.2) is 13.9 Å². The monoisotopic (exact) mass is 318 g/mol. The molecule has 1 amide bonds. The fourth-order valence-corrected chi connectivity index (χ4v) is 1.71. The maximum absolute atomic E-state index is 13.1. The van der Waals surface area contributed by atoms with E-state index in [-0.39, 0.29) is 5.69 Å². The SMILES string of the molecule is COC(=O)N(C)c1cn(-c2cncc(F)c2)nc1C(F)(F)F. The number of anilines is 1. The molecule has 6 nitrogen and oxygen atoms in total. The highest BCUT2D eigenvalue weighted by Gasteiger charge is 2.39. The first-order chi connectivity index (χ1) is 10.2. The van der Waals surface area contributed by atoms with Crippen LogP contribution in [0, 0.1) is 5.82 Å². The molecule has 0 fully saturated rings. The molecule has 0 bridgehead atoms. The molecule has 2 aromatic rings. The Bertz CT molecular complexity index is 699. The highest BCUT2D eigenvalue weighted by atomic mass is 19.4. The molecule has 0 saturated carbocycles. The van der Waals surface area contributed by atoms with E-state index < -0.39 is 29.5 Å². The van der Waals surface area contributed by atoms with Gasteiger partial charge in [-0.15, -0.1) is 0 Å². The first-order valence-corrected chi connectivity index (χ1v) is 5.83. The van der Waals surface area contributed by atoms with Gasteiger partial charge in [0, 0.05) is 13.1 Å². The Morgan fingerprint density at radius 3 is 2.59 bits per heavy atom. The predicted octanol–water partition coefficient (Wildman–Crippen LogP) is 2.63. The lowest BCUT2D eigenvalue weighted by Gasteiger charge is -2.15. The molecule has 0 saturated heterocycles. The molecule has 0 spiro atoms. The van der Waals surface area contributed by atoms with E-state index in [1.54, 1.807) is 0 Å². The molecule has 0 N–H and O–H groups in total. The molecule has 0 atom stereocenters. The standard InChI is InChI=1S/C12H10F4N4O2/c1-19(11(21)22-2)9-6-20(18-10(9)12(14,15)16)8-3-7(13)4-17-5-8/h3-6H,1-2H3. The minimum Gasteiger partial charge on any atom is -0.452 e. The summed E-state index contributed by atoms with van der Waals surface area (Å²) in [5, 5.41) is 3.37. The summed E-state index contributed by atoms with van der Waals surface area (Å²) in [7, 11) is 2.14. The van der Waals surface area contributed by atoms with Gasteiger partial charge in [0.1, 0.15) is 5.82 Å². The lowest BCUT2D eigenvalue weighted by atomic mass is 10.3. The van der Waals surface area contributed by atoms with Gasteiger partial charge in [-0.1, -0.05) is 0 Å². The lowest BCUT2D eigenvalue weighted by Crippen LogP contribution is -2.27. The van der Waals surface area contributed by atoms with Crippen molar-refractivity contribution in [3.8, 4) is 5.69 Å². The van der Waals surface area contributed by atoms with Gasteiger partial charge in [0.25, 0.3) is 0 Å². The van der Waals surface area contributed by atoms with E-state index in [4.69, 9.17) is 0 Å². The number of hydrogen-bond acceptors (Lipinski definition) is 4. The summed E-state index contributed by atoms with van der Waals surface area (Å²) in [5.41, 5.74) is -1.84. The van der Waals surface area contributed by atoms with Crippen molar-refractivity contribution in [3.05, 3.63) is 36.2 Å². The van der Waals surface area contributed by atoms with Crippen molar-refractivity contribution in [2.75, 3.05) is 19.1 Å². The maximum atomic E-state index is 13.1. The van der Waals surface area contributed by atoms with Crippen LogP contribution in [-0.2, 0) is 10.9 Å². The molecule has 0 aromatic carbocycles. The molecule has 2 heterocycles. The molecule has 10 heteroatoms. The smallest absolute Gasteiger partial charge is 0.437 e. The largest absolute Gasteiger partial charge is 0.452 e. The number of ether oxygens (including phenoxy) is 1. The van der Waals surface area contributed by atoms with E-state index >= 15 is 0 Å². The number of pyridine rings is 1. The van der Waals surface area contributed by atoms with Crippen LogP contribution in [0.2, 0.25) is 0 Å². The van der Waals surface area contributed by atoms with Gasteiger partial charge in [-0.3, -0.25) is 9.88 Å². The summed E-state index contributed by atoms with van der Waals surface area (Å²) in [6.45, 7) is 0. The average Bonchev–Trinajstić information content (AvgIpc) is 2.91. The Labute approximate surface area is 121 Å². The second-order valence-corrected chi connectivity index (χ2v) is 4.20. The van der Waals surface area contributed by atoms with Crippen LogP contribution in [0.4, 0.5) is 28.0 Å². The number of halogens is 4. The van der Waals surface area contributed by atoms with Crippen molar-refractivity contribution in [2.24, 2.45) is 0 Å². The van der Waals surface area contributed by atoms with E-state index in [2.05, 4.69) is 14.8 Å². The first kappa shape index (κ1) is 15.7. The van der Waals surface area contributed by atoms with E-state index in [0.29, 0.717) is 4.90 Å². The normalized spacial score (nSPS) is 11.4. The van der Waals surface area contributed by atoms with E-state index in [1.807, 2.05) is 0 Å². The van der Waals surface area contributed by atoms with Crippen molar-refractivity contribution < 1.29 is 27.1 Å². The molecule has 0 aliphatic heterocycles. The number of methoxy groups -OCH3 is 1. The third kappa shape index (κ3) is 3.00. The Morgan fingerprint density at radius 2 is 2.05 bits per heavy atom. The number of rotatable bonds is 2. The highest BCUT2D eigenvalue weighted by molar-refractivity contribution is 5.87. The number of alkyl halides is 3. The van der Waals surface area contributed by atoms with Gasteiger partial charge in [0.05, 0.1) is 37.1 Å². The number of carbonyl (C=O) groups excluding carboxylic acids is 1. The van der Waals surface area contributed by atoms with Crippen LogP contribution < -0.4 is 4.90 Å². The second kappa shape index (κ2) is 5.62. The summed E-state index contributed by atoms with van der Waals surface area (Å²) < 4.78 is 57.4. The summed E-state index contributed by atoms with van der Waals surface area (Å²) in [6.07, 6.45) is -2.82. The number of hydrogen-bond donors (Lipinski definition) is 0. The molecule has 0 aliphatic carbocycles. The molecule has 118 valence electrons. The zero-order chi connectivity index (χ0) is 16.5. The van der Waals surface area contributed by atoms with Crippen molar-refractivity contribution in [3.63, 3.8) is 0 Å². The van der Waals surface area contributed by atoms with Crippen LogP contribution in [0.3, 0.4) is 0 Å². The molecule has 22 heavy (non-hydrogen) atoms. The number of carbonyl (C=O) groups is 1. The number of aromatic nitrogens is 3. The highest BCUT2D eigenvalue weighted by Crippen LogP contribution is 2.36. The summed E-state index contributed by atoms with van der Waals surface area (Å²) in [6, 6.07) is 0.960. The lowest BCUT2D eigenvalue weighted by molar-refractivity contribution is -0.140. The molecule has 0 radical (unpaired) electrons. The van der Waals surface area contributed by atoms with Gasteiger partial charge in [-0.05, 0) is 0 Å². The molecule has 2 aromatic heterocycles. The van der Waals surface area contributed by atoms with Gasteiger partial charge in [0.15, 0.2) is 5.69 Å². The zero-order valence-corrected chi connectivity index (χ0v) is 11.4. The summed E-state index contributed by atoms with van der Waals surface area (Å²) in [5.74, 6) is -0.732. The minimum atomic E-state index is -4.80. The number of amides is 1. The zero-order valence-electron chi connectivity index (χ0n) is 11.4. The summed E-state index contributed by atoms with van der Waals surface area (Å²) in [4.78, 5) is 15.6. The first-order valence-electron chi connectivity index (χ1n) is 5.83. The quantitative estimate of drug-likeness (QED) is 0.799. The van der Waals surface area contributed by atoms with Crippen molar-refractivity contribution >= 4 is 11.8 Å². The minimum absolute atomic E-state index is 0.0185. The van der Waals surface area contributed by atoms with Crippen LogP contribution in [0.25, 0.3) is 5.69 Å². The van der Waals surface area contributed by atoms with Crippen LogP contribution >= 0.6 is 0 Å². The fourth-order valence-electron chi connectivity index (χ4n) is 1.71. The second-order valence-electron chi connectivity index (χ2n) is 4.20. The van der Waals surface area contributed by atoms with Crippen LogP contribution in [-0.4, -0.2) is 35.0 Å². The maximum Gasteiger partial charge on any atom is 0.437 e. The van der Waals surface area contributed by atoms with Crippen LogP contribution in [0.15, 0.2) is 24.7 Å². The average molecular weight is 318 g/mol. The van der Waals surface area contributed by atoms with Crippen LogP contribution in [0.5, 0.6) is 0 Å². The van der Waals surface area contributed by atoms with Crippen molar-refractivity contribution in [1.29, 1.82) is 0 Å². The number of nitrogens with zero attached hydrogens (tertiary/aromatic N) is 4. The van der Waals surface area contributed by atoms with Crippen molar-refractivity contribution in [1.82, 2.24) is 14.8 Å². The van der Waals surface area contributed by atoms with Crippen LogP contribution in [0.1, 0.15) is 5.69 Å². The summed E-state index contributed by atoms with van der Waals surface area (Å²) >= 11 is 0. The third-order valence-electron chi connectivity index (χ3n) is 2.73. The molecule has 2 rings (SSSR count). The molecular formula is C12H10F4N4O2. The third-order valence-corrected chi connectivity index (χ3v) is 2.73. The van der Waals surface area contributed by atoms with E-state index in [9.17, 15) is 22.4 Å². The molecular weight excluding hydrogens is 308 g/mol. The van der Waals surface area contributed by atoms with E-state index in [1.165, 1.54) is 0 Å². The molecule has 0 unspecified atom stereocenters. The van der Waals surface area contributed by atoms with E-state index in [0.717, 1.165) is 43.5 Å². The van der Waals surface area contributed by atoms with Gasteiger partial charge in [-0.2, -0.15) is 18.3 Å². The fraction of sp³-hybridized carbons (Fsp3) is 0.250. The Hall–Kier alpha value is -2.65. The predicted molar refractivity (Wildman–Crippen MR) is 67.1 cm³/mol. The van der Waals surface area contributed by atoms with Gasteiger partial charge < -0.3 is 4.74 Å². The Morgan fingerprint density at radius 1 is 1.36 bits per heavy atom. The van der Waals surface area contributed by atoms with Crippen molar-refractivity contribution in [2.45, 2.75) is 6.18 Å². The van der Waals surface area contributed by atoms with Gasteiger partial charge >= 0.3 is 12.3 Å². The molecule has 0 aliphatic rings. The Balaban J connectivity index is 2.56. The van der Waals surface area contributed by atoms with Gasteiger partial charge in [0.2, 0.25) is 0 Å².